The molecule has 2 heterocycles. The number of aromatic nitrogens is 3. The third-order valence-electron chi connectivity index (χ3n) is 4.44. The van der Waals surface area contributed by atoms with E-state index in [1.54, 1.807) is 6.08 Å². The quantitative estimate of drug-likeness (QED) is 0.393. The first-order valence-electron chi connectivity index (χ1n) is 9.70. The van der Waals surface area contributed by atoms with E-state index in [1.807, 2.05) is 60.7 Å². The summed E-state index contributed by atoms with van der Waals surface area (Å²) in [7, 11) is 0. The van der Waals surface area contributed by atoms with Crippen LogP contribution < -0.4 is 14.8 Å². The molecule has 2 aromatic carbocycles. The molecular formula is C23H20ClN3O2S. The lowest BCUT2D eigenvalue weighted by Crippen LogP contribution is -2.23. The molecule has 5 nitrogen and oxygen atoms in total. The number of nitrogens with zero attached hydrogens (tertiary/aromatic N) is 3. The van der Waals surface area contributed by atoms with Crippen LogP contribution in [0.3, 0.4) is 0 Å². The molecule has 0 amide bonds. The number of rotatable bonds is 7. The molecule has 0 saturated carbocycles. The summed E-state index contributed by atoms with van der Waals surface area (Å²) in [5.74, 6) is 1.33. The van der Waals surface area contributed by atoms with Gasteiger partial charge in [-0.1, -0.05) is 66.6 Å². The van der Waals surface area contributed by atoms with E-state index in [2.05, 4.69) is 17.0 Å². The Kier molecular flexibility index (Phi) is 6.26. The van der Waals surface area contributed by atoms with E-state index in [-0.39, 0.29) is 5.56 Å². The van der Waals surface area contributed by atoms with E-state index >= 15 is 0 Å². The maximum Gasteiger partial charge on any atom is 0.291 e. The van der Waals surface area contributed by atoms with Gasteiger partial charge in [-0.2, -0.15) is 9.50 Å². The van der Waals surface area contributed by atoms with Crippen molar-refractivity contribution in [3.8, 4) is 5.75 Å². The third kappa shape index (κ3) is 4.78. The molecule has 0 fully saturated rings. The Hall–Kier alpha value is -2.96. The lowest BCUT2D eigenvalue weighted by molar-refractivity contribution is 0.309. The zero-order valence-electron chi connectivity index (χ0n) is 16.4. The molecule has 4 rings (SSSR count). The largest absolute Gasteiger partial charge is 0.494 e. The number of thiazole rings is 1. The van der Waals surface area contributed by atoms with Gasteiger partial charge in [-0.05, 0) is 54.0 Å². The number of halogens is 1. The summed E-state index contributed by atoms with van der Waals surface area (Å²) in [6.07, 6.45) is 7.65. The molecule has 30 heavy (non-hydrogen) atoms. The van der Waals surface area contributed by atoms with Crippen LogP contribution in [-0.4, -0.2) is 21.2 Å². The maximum atomic E-state index is 12.7. The SMILES string of the molecule is CCCCOc1ccc(/C=c2\sc3nc(/C=C/c4ccc(Cl)cc4)nn3c2=O)cc1. The van der Waals surface area contributed by atoms with Crippen molar-refractivity contribution in [3.63, 3.8) is 0 Å². The summed E-state index contributed by atoms with van der Waals surface area (Å²) >= 11 is 7.22. The fraction of sp³-hybridized carbons (Fsp3) is 0.174. The van der Waals surface area contributed by atoms with E-state index in [0.29, 0.717) is 26.9 Å². The van der Waals surface area contributed by atoms with E-state index in [0.717, 1.165) is 29.7 Å². The van der Waals surface area contributed by atoms with Crippen LogP contribution in [0.5, 0.6) is 5.75 Å². The molecule has 0 aliphatic heterocycles. The van der Waals surface area contributed by atoms with Crippen LogP contribution in [0.2, 0.25) is 5.02 Å². The summed E-state index contributed by atoms with van der Waals surface area (Å²) in [6, 6.07) is 15.2. The lowest BCUT2D eigenvalue weighted by Gasteiger charge is -2.04. The van der Waals surface area contributed by atoms with E-state index in [4.69, 9.17) is 16.3 Å². The summed E-state index contributed by atoms with van der Waals surface area (Å²) in [5, 5.41) is 5.00. The third-order valence-corrected chi connectivity index (χ3v) is 5.65. The minimum Gasteiger partial charge on any atom is -0.494 e. The van der Waals surface area contributed by atoms with Crippen molar-refractivity contribution in [2.45, 2.75) is 19.8 Å². The smallest absolute Gasteiger partial charge is 0.291 e. The number of ether oxygens (including phenoxy) is 1. The van der Waals surface area contributed by atoms with Gasteiger partial charge in [0.2, 0.25) is 4.96 Å². The van der Waals surface area contributed by atoms with Gasteiger partial charge in [0.15, 0.2) is 5.82 Å². The van der Waals surface area contributed by atoms with Crippen molar-refractivity contribution in [2.75, 3.05) is 6.61 Å². The standard InChI is InChI=1S/C23H20ClN3O2S/c1-2-3-14-29-19-11-6-17(7-12-19)15-20-22(28)27-23(30-20)25-21(26-27)13-8-16-4-9-18(24)10-5-16/h4-13,15H,2-3,14H2,1H3/b13-8+,20-15-. The van der Waals surface area contributed by atoms with Crippen LogP contribution in [-0.2, 0) is 0 Å². The van der Waals surface area contributed by atoms with Gasteiger partial charge in [-0.3, -0.25) is 4.79 Å². The first kappa shape index (κ1) is 20.3. The molecule has 152 valence electrons. The van der Waals surface area contributed by atoms with Crippen LogP contribution in [0.15, 0.2) is 53.3 Å². The summed E-state index contributed by atoms with van der Waals surface area (Å²) < 4.78 is 7.62. The van der Waals surface area contributed by atoms with Crippen molar-refractivity contribution in [1.82, 2.24) is 14.6 Å². The van der Waals surface area contributed by atoms with Gasteiger partial charge in [0.1, 0.15) is 5.75 Å². The molecule has 0 aliphatic carbocycles. The number of hydrogen-bond acceptors (Lipinski definition) is 5. The fourth-order valence-corrected chi connectivity index (χ4v) is 3.85. The van der Waals surface area contributed by atoms with Gasteiger partial charge in [-0.25, -0.2) is 0 Å². The molecule has 0 radical (unpaired) electrons. The van der Waals surface area contributed by atoms with Crippen LogP contribution >= 0.6 is 22.9 Å². The number of fused-ring (bicyclic) bond motifs is 1. The van der Waals surface area contributed by atoms with Gasteiger partial charge in [0.05, 0.1) is 11.1 Å². The van der Waals surface area contributed by atoms with Crippen molar-refractivity contribution in [2.24, 2.45) is 0 Å². The highest BCUT2D eigenvalue weighted by Gasteiger charge is 2.09. The minimum atomic E-state index is -0.170. The highest BCUT2D eigenvalue weighted by Crippen LogP contribution is 2.14. The summed E-state index contributed by atoms with van der Waals surface area (Å²) in [6.45, 7) is 2.85. The predicted molar refractivity (Wildman–Crippen MR) is 123 cm³/mol. The monoisotopic (exact) mass is 437 g/mol. The van der Waals surface area contributed by atoms with Crippen molar-refractivity contribution in [1.29, 1.82) is 0 Å². The topological polar surface area (TPSA) is 56.5 Å². The fourth-order valence-electron chi connectivity index (χ4n) is 2.81. The molecule has 2 aromatic heterocycles. The second-order valence-electron chi connectivity index (χ2n) is 6.74. The van der Waals surface area contributed by atoms with Gasteiger partial charge in [0.25, 0.3) is 5.56 Å². The van der Waals surface area contributed by atoms with E-state index in [9.17, 15) is 4.79 Å². The predicted octanol–water partition coefficient (Wildman–Crippen LogP) is 4.70. The number of benzene rings is 2. The van der Waals surface area contributed by atoms with Crippen LogP contribution in [0, 0.1) is 0 Å². The first-order valence-corrected chi connectivity index (χ1v) is 10.9. The number of hydrogen-bond donors (Lipinski definition) is 0. The average molecular weight is 438 g/mol. The Morgan fingerprint density at radius 3 is 2.50 bits per heavy atom. The molecule has 0 bridgehead atoms. The van der Waals surface area contributed by atoms with Crippen LogP contribution in [0.4, 0.5) is 0 Å². The molecule has 7 heteroatoms. The molecule has 0 spiro atoms. The van der Waals surface area contributed by atoms with Gasteiger partial charge in [0, 0.05) is 5.02 Å². The Morgan fingerprint density at radius 2 is 1.80 bits per heavy atom. The van der Waals surface area contributed by atoms with Gasteiger partial charge >= 0.3 is 0 Å². The molecule has 0 saturated heterocycles. The average Bonchev–Trinajstić information content (AvgIpc) is 3.28. The molecule has 0 aliphatic rings. The second kappa shape index (κ2) is 9.24. The molecule has 0 unspecified atom stereocenters. The zero-order valence-corrected chi connectivity index (χ0v) is 18.0. The molecular weight excluding hydrogens is 418 g/mol. The van der Waals surface area contributed by atoms with Crippen LogP contribution in [0.25, 0.3) is 23.2 Å². The Morgan fingerprint density at radius 1 is 1.07 bits per heavy atom. The second-order valence-corrected chi connectivity index (χ2v) is 8.18. The van der Waals surface area contributed by atoms with Crippen molar-refractivity contribution in [3.05, 3.63) is 85.4 Å². The first-order chi connectivity index (χ1) is 14.6. The molecule has 0 N–H and O–H groups in total. The van der Waals surface area contributed by atoms with Gasteiger partial charge < -0.3 is 4.74 Å². The Labute approximate surface area is 182 Å². The van der Waals surface area contributed by atoms with Crippen molar-refractivity contribution >= 4 is 46.1 Å². The molecule has 0 atom stereocenters. The van der Waals surface area contributed by atoms with Gasteiger partial charge in [-0.15, -0.1) is 5.10 Å². The van der Waals surface area contributed by atoms with E-state index < -0.39 is 0 Å². The summed E-state index contributed by atoms with van der Waals surface area (Å²) in [4.78, 5) is 17.7. The highest BCUT2D eigenvalue weighted by atomic mass is 35.5. The Bertz CT molecular complexity index is 1280. The molecule has 4 aromatic rings. The maximum absolute atomic E-state index is 12.7. The minimum absolute atomic E-state index is 0.170. The van der Waals surface area contributed by atoms with Crippen LogP contribution in [0.1, 0.15) is 36.7 Å². The zero-order chi connectivity index (χ0) is 20.9. The lowest BCUT2D eigenvalue weighted by atomic mass is 10.2. The highest BCUT2D eigenvalue weighted by molar-refractivity contribution is 7.15. The summed E-state index contributed by atoms with van der Waals surface area (Å²) in [5.41, 5.74) is 1.75. The Balaban J connectivity index is 1.53. The normalized spacial score (nSPS) is 12.3. The van der Waals surface area contributed by atoms with Crippen molar-refractivity contribution < 1.29 is 4.74 Å². The number of unbranched alkanes of at least 4 members (excludes halogenated alkanes) is 1. The van der Waals surface area contributed by atoms with E-state index in [1.165, 1.54) is 15.9 Å².